The van der Waals surface area contributed by atoms with Crippen molar-refractivity contribution in [3.8, 4) is 0 Å². The van der Waals surface area contributed by atoms with Crippen molar-refractivity contribution >= 4 is 17.8 Å². The Hall–Kier alpha value is -2.00. The summed E-state index contributed by atoms with van der Waals surface area (Å²) in [5, 5.41) is 9.65. The maximum absolute atomic E-state index is 12.3. The van der Waals surface area contributed by atoms with E-state index in [9.17, 15) is 9.59 Å². The zero-order valence-corrected chi connectivity index (χ0v) is 14.2. The Balaban J connectivity index is 1.75. The van der Waals surface area contributed by atoms with E-state index in [1.165, 1.54) is 23.9 Å². The van der Waals surface area contributed by atoms with Crippen molar-refractivity contribution < 1.29 is 14.3 Å². The Bertz CT molecular complexity index is 525. The normalized spacial score (nSPS) is 15.1. The van der Waals surface area contributed by atoms with Gasteiger partial charge in [-0.1, -0.05) is 12.8 Å². The van der Waals surface area contributed by atoms with Crippen molar-refractivity contribution in [1.82, 2.24) is 25.0 Å². The number of ether oxygens (including phenoxy) is 1. The molecule has 0 radical (unpaired) electrons. The van der Waals surface area contributed by atoms with Crippen molar-refractivity contribution in [3.63, 3.8) is 0 Å². The molecule has 1 saturated heterocycles. The molecule has 1 fully saturated rings. The highest BCUT2D eigenvalue weighted by Crippen LogP contribution is 2.10. The van der Waals surface area contributed by atoms with Crippen LogP contribution < -0.4 is 10.6 Å². The lowest BCUT2D eigenvalue weighted by atomic mass is 10.2. The third kappa shape index (κ3) is 6.25. The maximum atomic E-state index is 12.3. The zero-order valence-electron chi connectivity index (χ0n) is 14.2. The average molecular weight is 338 g/mol. The monoisotopic (exact) mass is 338 g/mol. The van der Waals surface area contributed by atoms with Crippen LogP contribution in [-0.2, 0) is 20.9 Å². The first-order chi connectivity index (χ1) is 11.7. The molecule has 2 heterocycles. The van der Waals surface area contributed by atoms with E-state index in [0.29, 0.717) is 13.2 Å². The second-order valence-electron chi connectivity index (χ2n) is 5.78. The summed E-state index contributed by atoms with van der Waals surface area (Å²) in [6.07, 6.45) is 5.94. The van der Waals surface area contributed by atoms with Crippen LogP contribution in [0.2, 0.25) is 0 Å². The van der Waals surface area contributed by atoms with Gasteiger partial charge in [0.25, 0.3) is 0 Å². The third-order valence-corrected chi connectivity index (χ3v) is 3.81. The minimum atomic E-state index is -0.234. The van der Waals surface area contributed by atoms with Gasteiger partial charge in [-0.3, -0.25) is 14.9 Å². The Kier molecular flexibility index (Phi) is 7.63. The molecule has 2 N–H and O–H groups in total. The number of carbonyl (C=O) groups excluding carboxylic acids is 2. The number of aromatic nitrogens is 3. The van der Waals surface area contributed by atoms with Crippen LogP contribution in [0.25, 0.3) is 0 Å². The molecule has 9 nitrogen and oxygen atoms in total. The van der Waals surface area contributed by atoms with Crippen molar-refractivity contribution in [3.05, 3.63) is 6.33 Å². The highest BCUT2D eigenvalue weighted by molar-refractivity contribution is 5.90. The number of hydrogen-bond donors (Lipinski definition) is 2. The van der Waals surface area contributed by atoms with Crippen LogP contribution in [0.5, 0.6) is 0 Å². The number of nitrogens with zero attached hydrogens (tertiary/aromatic N) is 4. The van der Waals surface area contributed by atoms with E-state index in [1.54, 1.807) is 7.11 Å². The van der Waals surface area contributed by atoms with Gasteiger partial charge in [0.15, 0.2) is 0 Å². The molecule has 1 aliphatic heterocycles. The third-order valence-electron chi connectivity index (χ3n) is 3.81. The standard InChI is InChI=1S/C15H26N6O3/c1-24-9-6-16-10-13(22)18-15-17-12-21(19-15)11-14(23)20-7-4-2-3-5-8-20/h12,16H,2-11H2,1H3,(H,18,19,22). The SMILES string of the molecule is COCCNCC(=O)Nc1ncn(CC(=O)N2CCCCCC2)n1. The first kappa shape index (κ1) is 18.3. The molecule has 0 atom stereocenters. The summed E-state index contributed by atoms with van der Waals surface area (Å²) in [6, 6.07) is 0. The van der Waals surface area contributed by atoms with Crippen LogP contribution >= 0.6 is 0 Å². The maximum Gasteiger partial charge on any atom is 0.248 e. The fourth-order valence-corrected chi connectivity index (χ4v) is 2.53. The number of nitrogens with one attached hydrogen (secondary N) is 2. The average Bonchev–Trinajstić information content (AvgIpc) is 2.83. The smallest absolute Gasteiger partial charge is 0.248 e. The minimum absolute atomic E-state index is 0.0425. The quantitative estimate of drug-likeness (QED) is 0.640. The van der Waals surface area contributed by atoms with Gasteiger partial charge in [-0.25, -0.2) is 9.67 Å². The molecule has 0 spiro atoms. The Morgan fingerprint density at radius 2 is 2.00 bits per heavy atom. The summed E-state index contributed by atoms with van der Waals surface area (Å²) < 4.78 is 6.34. The first-order valence-electron chi connectivity index (χ1n) is 8.36. The van der Waals surface area contributed by atoms with Gasteiger partial charge in [-0.05, 0) is 12.8 Å². The summed E-state index contributed by atoms with van der Waals surface area (Å²) >= 11 is 0. The molecule has 24 heavy (non-hydrogen) atoms. The van der Waals surface area contributed by atoms with Gasteiger partial charge in [0.2, 0.25) is 17.8 Å². The second kappa shape index (κ2) is 9.99. The van der Waals surface area contributed by atoms with Crippen LogP contribution in [0.15, 0.2) is 6.33 Å². The topological polar surface area (TPSA) is 101 Å². The summed E-state index contributed by atoms with van der Waals surface area (Å²) in [7, 11) is 1.60. The molecule has 1 aromatic rings. The lowest BCUT2D eigenvalue weighted by Crippen LogP contribution is -2.34. The zero-order chi connectivity index (χ0) is 17.2. The van der Waals surface area contributed by atoms with Gasteiger partial charge in [-0.2, -0.15) is 0 Å². The molecule has 9 heteroatoms. The fourth-order valence-electron chi connectivity index (χ4n) is 2.53. The van der Waals surface area contributed by atoms with Gasteiger partial charge in [0.1, 0.15) is 12.9 Å². The van der Waals surface area contributed by atoms with Crippen LogP contribution in [0.1, 0.15) is 25.7 Å². The molecule has 1 aromatic heterocycles. The number of methoxy groups -OCH3 is 1. The number of carbonyl (C=O) groups is 2. The van der Waals surface area contributed by atoms with Gasteiger partial charge >= 0.3 is 0 Å². The van der Waals surface area contributed by atoms with E-state index in [1.807, 2.05) is 4.90 Å². The van der Waals surface area contributed by atoms with E-state index in [4.69, 9.17) is 4.74 Å². The van der Waals surface area contributed by atoms with Crippen LogP contribution in [0.3, 0.4) is 0 Å². The molecule has 0 aliphatic carbocycles. The van der Waals surface area contributed by atoms with E-state index in [-0.39, 0.29) is 30.9 Å². The highest BCUT2D eigenvalue weighted by Gasteiger charge is 2.16. The Labute approximate surface area is 141 Å². The van der Waals surface area contributed by atoms with Crippen molar-refractivity contribution in [2.75, 3.05) is 45.2 Å². The summed E-state index contributed by atoms with van der Waals surface area (Å²) in [4.78, 5) is 29.9. The number of amides is 2. The molecular formula is C15H26N6O3. The molecule has 0 aromatic carbocycles. The highest BCUT2D eigenvalue weighted by atomic mass is 16.5. The van der Waals surface area contributed by atoms with E-state index >= 15 is 0 Å². The molecule has 0 unspecified atom stereocenters. The van der Waals surface area contributed by atoms with Gasteiger partial charge in [0.05, 0.1) is 13.2 Å². The molecule has 2 amide bonds. The number of likely N-dealkylation sites (tertiary alicyclic amines) is 1. The van der Waals surface area contributed by atoms with Gasteiger partial charge in [0, 0.05) is 26.7 Å². The molecule has 2 rings (SSSR count). The first-order valence-corrected chi connectivity index (χ1v) is 8.36. The predicted octanol–water partition coefficient (Wildman–Crippen LogP) is -0.145. The number of rotatable bonds is 8. The summed E-state index contributed by atoms with van der Waals surface area (Å²) in [5.74, 6) is 0.0146. The van der Waals surface area contributed by atoms with Crippen LogP contribution in [0.4, 0.5) is 5.95 Å². The largest absolute Gasteiger partial charge is 0.383 e. The second-order valence-corrected chi connectivity index (χ2v) is 5.78. The molecule has 0 saturated carbocycles. The lowest BCUT2D eigenvalue weighted by molar-refractivity contribution is -0.132. The van der Waals surface area contributed by atoms with E-state index < -0.39 is 0 Å². The summed E-state index contributed by atoms with van der Waals surface area (Å²) in [5.41, 5.74) is 0. The predicted molar refractivity (Wildman–Crippen MR) is 88.4 cm³/mol. The lowest BCUT2D eigenvalue weighted by Gasteiger charge is -2.19. The number of hydrogen-bond acceptors (Lipinski definition) is 6. The molecule has 0 bridgehead atoms. The van der Waals surface area contributed by atoms with Crippen molar-refractivity contribution in [2.24, 2.45) is 0 Å². The molecule has 134 valence electrons. The number of anilines is 1. The summed E-state index contributed by atoms with van der Waals surface area (Å²) in [6.45, 7) is 3.06. The van der Waals surface area contributed by atoms with E-state index in [0.717, 1.165) is 25.9 Å². The molecule has 1 aliphatic rings. The van der Waals surface area contributed by atoms with E-state index in [2.05, 4.69) is 20.7 Å². The van der Waals surface area contributed by atoms with Gasteiger partial charge < -0.3 is 15.0 Å². The van der Waals surface area contributed by atoms with Crippen LogP contribution in [-0.4, -0.2) is 71.4 Å². The molecular weight excluding hydrogens is 312 g/mol. The van der Waals surface area contributed by atoms with Crippen molar-refractivity contribution in [2.45, 2.75) is 32.2 Å². The van der Waals surface area contributed by atoms with Crippen LogP contribution in [0, 0.1) is 0 Å². The fraction of sp³-hybridized carbons (Fsp3) is 0.733. The van der Waals surface area contributed by atoms with Crippen molar-refractivity contribution in [1.29, 1.82) is 0 Å². The Morgan fingerprint density at radius 3 is 2.71 bits per heavy atom. The minimum Gasteiger partial charge on any atom is -0.383 e. The Morgan fingerprint density at radius 1 is 1.25 bits per heavy atom. The van der Waals surface area contributed by atoms with Gasteiger partial charge in [-0.15, -0.1) is 5.10 Å².